The maximum absolute atomic E-state index is 10.1. The average molecular weight is 632 g/mol. The maximum Gasteiger partial charge on any atom is 0.155 e. The van der Waals surface area contributed by atoms with Crippen LogP contribution >= 0.6 is 0 Å². The van der Waals surface area contributed by atoms with Gasteiger partial charge in [-0.3, -0.25) is 4.99 Å². The van der Waals surface area contributed by atoms with E-state index in [4.69, 9.17) is 14.7 Å². The fraction of sp³-hybridized carbons (Fsp3) is 0.133. The van der Waals surface area contributed by atoms with Crippen LogP contribution in [0.5, 0.6) is 11.5 Å². The molecule has 6 aromatic carbocycles. The molecule has 6 aromatic rings. The number of para-hydroxylation sites is 2. The molecule has 0 saturated heterocycles. The van der Waals surface area contributed by atoms with Crippen LogP contribution in [-0.2, 0) is 5.41 Å². The molecule has 2 unspecified atom stereocenters. The third kappa shape index (κ3) is 4.58. The molecular weight excluding hydrogens is 599 g/mol. The summed E-state index contributed by atoms with van der Waals surface area (Å²) in [5.41, 5.74) is 11.1. The number of hydrogen-bond acceptors (Lipinski definition) is 4. The minimum Gasteiger partial charge on any atom is -0.457 e. The number of fused-ring (bicyclic) bond motifs is 9. The topological polar surface area (TPSA) is 57.7 Å². The van der Waals surface area contributed by atoms with Crippen molar-refractivity contribution in [3.05, 3.63) is 190 Å². The van der Waals surface area contributed by atoms with Crippen LogP contribution < -0.4 is 4.74 Å². The van der Waals surface area contributed by atoms with Crippen molar-refractivity contribution in [3.8, 4) is 28.7 Å². The minimum atomic E-state index is -0.627. The Morgan fingerprint density at radius 2 is 1.33 bits per heavy atom. The molecule has 234 valence electrons. The molecule has 0 bridgehead atoms. The lowest BCUT2D eigenvalue weighted by atomic mass is 9.66. The summed E-state index contributed by atoms with van der Waals surface area (Å²) in [6.07, 6.45) is 1.80. The maximum atomic E-state index is 10.1. The van der Waals surface area contributed by atoms with Gasteiger partial charge in [-0.1, -0.05) is 122 Å². The Bertz CT molecular complexity index is 2300. The summed E-state index contributed by atoms with van der Waals surface area (Å²) in [7, 11) is 0. The highest BCUT2D eigenvalue weighted by atomic mass is 16.5. The lowest BCUT2D eigenvalue weighted by Crippen LogP contribution is -2.32. The Labute approximate surface area is 286 Å². The van der Waals surface area contributed by atoms with Gasteiger partial charge in [0.1, 0.15) is 11.5 Å². The lowest BCUT2D eigenvalue weighted by molar-refractivity contribution is 0.436. The summed E-state index contributed by atoms with van der Waals surface area (Å²) in [4.78, 5) is 10.7. The highest BCUT2D eigenvalue weighted by molar-refractivity contribution is 6.13. The molecule has 4 nitrogen and oxygen atoms in total. The smallest absolute Gasteiger partial charge is 0.155 e. The summed E-state index contributed by atoms with van der Waals surface area (Å²) in [6, 6.07) is 53.0. The van der Waals surface area contributed by atoms with Crippen LogP contribution in [-0.4, -0.2) is 11.5 Å². The van der Waals surface area contributed by atoms with E-state index in [9.17, 15) is 5.26 Å². The number of ether oxygens (including phenoxy) is 1. The van der Waals surface area contributed by atoms with Crippen molar-refractivity contribution >= 4 is 11.5 Å². The fourth-order valence-corrected chi connectivity index (χ4v) is 8.13. The predicted octanol–water partition coefficient (Wildman–Crippen LogP) is 10.4. The SMILES string of the molecule is CC1CC/C(c2ccc3c(c2)-c2ccc(C#N)cc2C32c3ccccc3Oc3ccccc32)=N\C(c2ccccc2)=N/C1c1ccccc1. The Morgan fingerprint density at radius 3 is 2.04 bits per heavy atom. The molecule has 1 spiro atoms. The van der Waals surface area contributed by atoms with E-state index >= 15 is 0 Å². The average Bonchev–Trinajstić information content (AvgIpc) is 3.43. The van der Waals surface area contributed by atoms with Crippen LogP contribution in [0.2, 0.25) is 0 Å². The summed E-state index contributed by atoms with van der Waals surface area (Å²) >= 11 is 0. The molecule has 4 heteroatoms. The molecule has 2 atom stereocenters. The van der Waals surface area contributed by atoms with Crippen LogP contribution in [0.1, 0.15) is 70.3 Å². The molecule has 0 aromatic heterocycles. The first-order valence-electron chi connectivity index (χ1n) is 17.0. The third-order valence-electron chi connectivity index (χ3n) is 10.5. The van der Waals surface area contributed by atoms with Crippen LogP contribution in [0, 0.1) is 17.2 Å². The Kier molecular flexibility index (Phi) is 6.88. The number of benzene rings is 6. The van der Waals surface area contributed by atoms with Gasteiger partial charge in [0.05, 0.1) is 28.8 Å². The summed E-state index contributed by atoms with van der Waals surface area (Å²) in [5.74, 6) is 2.76. The molecule has 9 rings (SSSR count). The van der Waals surface area contributed by atoms with Gasteiger partial charge in [-0.15, -0.1) is 0 Å². The van der Waals surface area contributed by atoms with Crippen molar-refractivity contribution in [2.45, 2.75) is 31.2 Å². The van der Waals surface area contributed by atoms with Crippen molar-refractivity contribution in [3.63, 3.8) is 0 Å². The number of rotatable bonds is 3. The molecule has 0 N–H and O–H groups in total. The molecule has 0 fully saturated rings. The molecule has 0 amide bonds. The van der Waals surface area contributed by atoms with Crippen molar-refractivity contribution in [2.24, 2.45) is 15.9 Å². The molecule has 0 radical (unpaired) electrons. The molecule has 2 aliphatic heterocycles. The molecular formula is C45H33N3O. The van der Waals surface area contributed by atoms with E-state index in [-0.39, 0.29) is 6.04 Å². The normalized spacial score (nSPS) is 20.4. The summed E-state index contributed by atoms with van der Waals surface area (Å²) in [5, 5.41) is 10.1. The standard InChI is InChI=1S/C45H33N3O/c1-29-20-25-40(47-44(32-14-6-3-7-15-32)48-43(29)31-12-4-2-5-13-31)33-22-24-36-35(27-33)34-23-21-30(28-46)26-39(34)45(36)37-16-8-10-18-41(37)49-42-19-11-9-17-38(42)45/h2-19,21-24,26-27,29,43H,20,25H2,1H3/b47-40+,48-44-. The second-order valence-electron chi connectivity index (χ2n) is 13.2. The van der Waals surface area contributed by atoms with Gasteiger partial charge in [0.15, 0.2) is 5.84 Å². The molecule has 1 aliphatic carbocycles. The van der Waals surface area contributed by atoms with Crippen LogP contribution in [0.4, 0.5) is 0 Å². The minimum absolute atomic E-state index is 0.0245. The zero-order valence-electron chi connectivity index (χ0n) is 27.2. The second kappa shape index (κ2) is 11.6. The Hall–Kier alpha value is -6.05. The van der Waals surface area contributed by atoms with Gasteiger partial charge >= 0.3 is 0 Å². The second-order valence-corrected chi connectivity index (χ2v) is 13.2. The number of nitriles is 1. The number of nitrogens with zero attached hydrogens (tertiary/aromatic N) is 3. The first kappa shape index (κ1) is 29.1. The van der Waals surface area contributed by atoms with Gasteiger partial charge in [-0.25, -0.2) is 4.99 Å². The number of amidine groups is 1. The Balaban J connectivity index is 1.26. The van der Waals surface area contributed by atoms with Crippen molar-refractivity contribution in [1.82, 2.24) is 0 Å². The summed E-state index contributed by atoms with van der Waals surface area (Å²) in [6.45, 7) is 2.31. The highest BCUT2D eigenvalue weighted by Gasteiger charge is 2.51. The van der Waals surface area contributed by atoms with Gasteiger partial charge in [0, 0.05) is 16.7 Å². The van der Waals surface area contributed by atoms with E-state index in [1.165, 1.54) is 11.1 Å². The number of hydrogen-bond donors (Lipinski definition) is 0. The first-order valence-corrected chi connectivity index (χ1v) is 17.0. The van der Waals surface area contributed by atoms with Crippen LogP contribution in [0.25, 0.3) is 11.1 Å². The van der Waals surface area contributed by atoms with E-state index in [0.717, 1.165) is 74.8 Å². The largest absolute Gasteiger partial charge is 0.457 e. The lowest BCUT2D eigenvalue weighted by Gasteiger charge is -2.39. The zero-order valence-corrected chi connectivity index (χ0v) is 27.2. The fourth-order valence-electron chi connectivity index (χ4n) is 8.13. The van der Waals surface area contributed by atoms with Crippen molar-refractivity contribution < 1.29 is 4.74 Å². The predicted molar refractivity (Wildman–Crippen MR) is 196 cm³/mol. The van der Waals surface area contributed by atoms with Crippen molar-refractivity contribution in [1.29, 1.82) is 5.26 Å². The van der Waals surface area contributed by atoms with Gasteiger partial charge in [0.2, 0.25) is 0 Å². The van der Waals surface area contributed by atoms with E-state index in [0.29, 0.717) is 11.5 Å². The third-order valence-corrected chi connectivity index (χ3v) is 10.5. The van der Waals surface area contributed by atoms with Crippen molar-refractivity contribution in [2.75, 3.05) is 0 Å². The monoisotopic (exact) mass is 631 g/mol. The van der Waals surface area contributed by atoms with E-state index in [1.54, 1.807) is 0 Å². The first-order chi connectivity index (χ1) is 24.1. The van der Waals surface area contributed by atoms with Crippen LogP contribution in [0.3, 0.4) is 0 Å². The molecule has 3 aliphatic rings. The quantitative estimate of drug-likeness (QED) is 0.195. The molecule has 0 saturated carbocycles. The zero-order chi connectivity index (χ0) is 33.0. The van der Waals surface area contributed by atoms with Crippen LogP contribution in [0.15, 0.2) is 156 Å². The number of aliphatic imine (C=N–C) groups is 2. The summed E-state index contributed by atoms with van der Waals surface area (Å²) < 4.78 is 6.50. The van der Waals surface area contributed by atoms with Gasteiger partial charge in [-0.05, 0) is 82.5 Å². The van der Waals surface area contributed by atoms with Gasteiger partial charge < -0.3 is 4.74 Å². The molecule has 2 heterocycles. The Morgan fingerprint density at radius 1 is 0.653 bits per heavy atom. The van der Waals surface area contributed by atoms with Gasteiger partial charge in [-0.2, -0.15) is 5.26 Å². The molecule has 49 heavy (non-hydrogen) atoms. The van der Waals surface area contributed by atoms with E-state index in [2.05, 4.69) is 122 Å². The highest BCUT2D eigenvalue weighted by Crippen LogP contribution is 2.62. The van der Waals surface area contributed by atoms with E-state index < -0.39 is 5.41 Å². The van der Waals surface area contributed by atoms with E-state index in [1.807, 2.05) is 36.4 Å². The van der Waals surface area contributed by atoms with Gasteiger partial charge in [0.25, 0.3) is 0 Å².